The Hall–Kier alpha value is -1.50. The summed E-state index contributed by atoms with van der Waals surface area (Å²) in [4.78, 5) is 24.1. The molecular formula is C16H26N4O2S. The molecule has 0 spiro atoms. The van der Waals surface area contributed by atoms with Gasteiger partial charge in [-0.05, 0) is 37.4 Å². The minimum atomic E-state index is -0.633. The van der Waals surface area contributed by atoms with Crippen molar-refractivity contribution < 1.29 is 9.59 Å². The minimum absolute atomic E-state index is 0.000607. The molecule has 0 bridgehead atoms. The van der Waals surface area contributed by atoms with Gasteiger partial charge in [0.25, 0.3) is 5.91 Å². The third-order valence-corrected chi connectivity index (χ3v) is 5.58. The number of primary amides is 1. The predicted octanol–water partition coefficient (Wildman–Crippen LogP) is 2.88. The Labute approximate surface area is 141 Å². The van der Waals surface area contributed by atoms with Crippen molar-refractivity contribution in [2.24, 2.45) is 11.7 Å². The molecule has 0 saturated heterocycles. The molecule has 1 aromatic rings. The van der Waals surface area contributed by atoms with Crippen LogP contribution in [0.25, 0.3) is 0 Å². The Morgan fingerprint density at radius 1 is 1.35 bits per heavy atom. The number of nitrogens with one attached hydrogen (secondary N) is 2. The summed E-state index contributed by atoms with van der Waals surface area (Å²) in [7, 11) is 0. The van der Waals surface area contributed by atoms with Crippen molar-refractivity contribution in [1.29, 1.82) is 0 Å². The lowest BCUT2D eigenvalue weighted by Gasteiger charge is -2.27. The maximum Gasteiger partial charge on any atom is 0.271 e. The molecule has 23 heavy (non-hydrogen) atoms. The van der Waals surface area contributed by atoms with Crippen molar-refractivity contribution in [3.05, 3.63) is 11.4 Å². The number of aromatic nitrogens is 2. The zero-order valence-electron chi connectivity index (χ0n) is 14.0. The molecule has 2 amide bonds. The van der Waals surface area contributed by atoms with Gasteiger partial charge < -0.3 is 11.1 Å². The van der Waals surface area contributed by atoms with Crippen LogP contribution in [0.1, 0.15) is 68.6 Å². The molecule has 0 atom stereocenters. The number of H-pyrrole nitrogens is 1. The van der Waals surface area contributed by atoms with Crippen molar-refractivity contribution in [3.63, 3.8) is 0 Å². The van der Waals surface area contributed by atoms with Gasteiger partial charge in [-0.25, -0.2) is 0 Å². The third-order valence-electron chi connectivity index (χ3n) is 4.30. The summed E-state index contributed by atoms with van der Waals surface area (Å²) in [6.07, 6.45) is 3.93. The monoisotopic (exact) mass is 338 g/mol. The van der Waals surface area contributed by atoms with E-state index in [2.05, 4.69) is 22.4 Å². The predicted molar refractivity (Wildman–Crippen MR) is 93.7 cm³/mol. The van der Waals surface area contributed by atoms with Gasteiger partial charge in [0.15, 0.2) is 5.69 Å². The van der Waals surface area contributed by atoms with Crippen molar-refractivity contribution in [3.8, 4) is 0 Å². The first-order valence-corrected chi connectivity index (χ1v) is 9.29. The van der Waals surface area contributed by atoms with Crippen molar-refractivity contribution in [2.75, 3.05) is 11.1 Å². The van der Waals surface area contributed by atoms with Gasteiger partial charge in [-0.15, -0.1) is 0 Å². The summed E-state index contributed by atoms with van der Waals surface area (Å²) in [5.41, 5.74) is 6.65. The number of carbonyl (C=O) groups excluding carboxylic acids is 2. The topological polar surface area (TPSA) is 101 Å². The molecule has 0 radical (unpaired) electrons. The quantitative estimate of drug-likeness (QED) is 0.742. The molecule has 1 aromatic heterocycles. The largest absolute Gasteiger partial charge is 0.364 e. The lowest BCUT2D eigenvalue weighted by molar-refractivity contribution is -0.120. The summed E-state index contributed by atoms with van der Waals surface area (Å²) in [6.45, 7) is 6.11. The second kappa shape index (κ2) is 7.86. The number of nitrogens with two attached hydrogens (primary N) is 1. The first-order chi connectivity index (χ1) is 10.9. The zero-order chi connectivity index (χ0) is 17.0. The molecule has 0 unspecified atom stereocenters. The molecule has 1 heterocycles. The number of aromatic amines is 1. The lowest BCUT2D eigenvalue weighted by Crippen LogP contribution is -2.29. The molecule has 0 aromatic carbocycles. The van der Waals surface area contributed by atoms with Gasteiger partial charge in [0, 0.05) is 11.2 Å². The number of nitrogens with zero attached hydrogens (tertiary/aromatic N) is 1. The van der Waals surface area contributed by atoms with E-state index in [9.17, 15) is 9.59 Å². The summed E-state index contributed by atoms with van der Waals surface area (Å²) in [5.74, 6) is 0.570. The van der Waals surface area contributed by atoms with E-state index in [4.69, 9.17) is 5.73 Å². The summed E-state index contributed by atoms with van der Waals surface area (Å²) >= 11 is 1.98. The van der Waals surface area contributed by atoms with E-state index in [1.165, 1.54) is 0 Å². The van der Waals surface area contributed by atoms with Gasteiger partial charge in [-0.3, -0.25) is 14.7 Å². The molecule has 1 aliphatic rings. The maximum absolute atomic E-state index is 12.6. The van der Waals surface area contributed by atoms with E-state index in [-0.39, 0.29) is 23.4 Å². The lowest BCUT2D eigenvalue weighted by atomic mass is 9.88. The number of thioether (sulfide) groups is 1. The highest BCUT2D eigenvalue weighted by molar-refractivity contribution is 7.99. The van der Waals surface area contributed by atoms with E-state index in [1.54, 1.807) is 0 Å². The maximum atomic E-state index is 12.6. The van der Waals surface area contributed by atoms with Crippen LogP contribution in [0.5, 0.6) is 0 Å². The fraction of sp³-hybridized carbons (Fsp3) is 0.688. The molecule has 1 aliphatic carbocycles. The minimum Gasteiger partial charge on any atom is -0.364 e. The first-order valence-electron chi connectivity index (χ1n) is 8.24. The number of anilines is 1. The molecule has 2 rings (SSSR count). The molecular weight excluding hydrogens is 312 g/mol. The van der Waals surface area contributed by atoms with E-state index in [1.807, 2.05) is 25.6 Å². The standard InChI is InChI=1S/C16H26N4O2S/c1-4-23-11-7-5-10(6-8-11)16(22)18-13-12(9(2)3)19-20-14(13)15(17)21/h9-11H,4-8H2,1-3H3,(H2,17,21)(H,18,22)(H,19,20). The summed E-state index contributed by atoms with van der Waals surface area (Å²) < 4.78 is 0. The molecule has 7 heteroatoms. The number of hydrogen-bond acceptors (Lipinski definition) is 4. The van der Waals surface area contributed by atoms with Crippen molar-refractivity contribution in [1.82, 2.24) is 10.2 Å². The van der Waals surface area contributed by atoms with Crippen LogP contribution in [-0.4, -0.2) is 33.0 Å². The van der Waals surface area contributed by atoms with Gasteiger partial charge in [-0.1, -0.05) is 20.8 Å². The zero-order valence-corrected chi connectivity index (χ0v) is 14.8. The number of rotatable bonds is 6. The Kier molecular flexibility index (Phi) is 6.10. The van der Waals surface area contributed by atoms with E-state index < -0.39 is 5.91 Å². The second-order valence-electron chi connectivity index (χ2n) is 6.30. The van der Waals surface area contributed by atoms with Gasteiger partial charge in [-0.2, -0.15) is 16.9 Å². The fourth-order valence-corrected chi connectivity index (χ4v) is 4.11. The normalized spacial score (nSPS) is 21.4. The fourth-order valence-electron chi connectivity index (χ4n) is 3.03. The van der Waals surface area contributed by atoms with E-state index in [0.717, 1.165) is 37.1 Å². The number of amides is 2. The average Bonchev–Trinajstić information content (AvgIpc) is 2.92. The molecule has 4 N–H and O–H groups in total. The van der Waals surface area contributed by atoms with Crippen LogP contribution in [0.15, 0.2) is 0 Å². The van der Waals surface area contributed by atoms with Crippen molar-refractivity contribution in [2.45, 2.75) is 57.6 Å². The van der Waals surface area contributed by atoms with Crippen LogP contribution in [0.4, 0.5) is 5.69 Å². The SMILES string of the molecule is CCSC1CCC(C(=O)Nc2c(C(N)=O)n[nH]c2C(C)C)CC1. The van der Waals surface area contributed by atoms with E-state index in [0.29, 0.717) is 10.9 Å². The summed E-state index contributed by atoms with van der Waals surface area (Å²) in [6, 6.07) is 0. The number of carbonyl (C=O) groups is 2. The highest BCUT2D eigenvalue weighted by atomic mass is 32.2. The molecule has 0 aliphatic heterocycles. The molecule has 128 valence electrons. The highest BCUT2D eigenvalue weighted by Gasteiger charge is 2.28. The van der Waals surface area contributed by atoms with Crippen LogP contribution in [-0.2, 0) is 4.79 Å². The van der Waals surface area contributed by atoms with E-state index >= 15 is 0 Å². The molecule has 6 nitrogen and oxygen atoms in total. The summed E-state index contributed by atoms with van der Waals surface area (Å²) in [5, 5.41) is 10.3. The van der Waals surface area contributed by atoms with Gasteiger partial charge in [0.2, 0.25) is 5.91 Å². The van der Waals surface area contributed by atoms with Crippen LogP contribution < -0.4 is 11.1 Å². The van der Waals surface area contributed by atoms with Crippen LogP contribution in [0, 0.1) is 5.92 Å². The van der Waals surface area contributed by atoms with Gasteiger partial charge >= 0.3 is 0 Å². The smallest absolute Gasteiger partial charge is 0.271 e. The highest BCUT2D eigenvalue weighted by Crippen LogP contribution is 2.33. The first kappa shape index (κ1) is 17.8. The Balaban J connectivity index is 2.06. The van der Waals surface area contributed by atoms with Crippen LogP contribution in [0.2, 0.25) is 0 Å². The third kappa shape index (κ3) is 4.28. The van der Waals surface area contributed by atoms with Gasteiger partial charge in [0.05, 0.1) is 11.4 Å². The van der Waals surface area contributed by atoms with Crippen LogP contribution >= 0.6 is 11.8 Å². The Bertz CT molecular complexity index is 562. The van der Waals surface area contributed by atoms with Crippen molar-refractivity contribution >= 4 is 29.3 Å². The Morgan fingerprint density at radius 3 is 2.52 bits per heavy atom. The number of hydrogen-bond donors (Lipinski definition) is 3. The Morgan fingerprint density at radius 2 is 2.00 bits per heavy atom. The molecule has 1 saturated carbocycles. The molecule has 1 fully saturated rings. The second-order valence-corrected chi connectivity index (χ2v) is 7.88. The average molecular weight is 338 g/mol. The van der Waals surface area contributed by atoms with Gasteiger partial charge in [0.1, 0.15) is 0 Å². The van der Waals surface area contributed by atoms with Crippen LogP contribution in [0.3, 0.4) is 0 Å².